The second-order valence-electron chi connectivity index (χ2n) is 3.13. The molecule has 70 valence electrons. The third-order valence-electron chi connectivity index (χ3n) is 2.35. The van der Waals surface area contributed by atoms with Crippen LogP contribution >= 0.6 is 0 Å². The maximum atomic E-state index is 5.33. The van der Waals surface area contributed by atoms with Gasteiger partial charge in [-0.25, -0.2) is 4.98 Å². The maximum Gasteiger partial charge on any atom is 0.210 e. The lowest BCUT2D eigenvalue weighted by Crippen LogP contribution is -2.40. The molecule has 0 aliphatic carbocycles. The molecule has 1 aromatic rings. The minimum Gasteiger partial charge on any atom is -0.344 e. The minimum atomic E-state index is -0.0371. The smallest absolute Gasteiger partial charge is 0.210 e. The summed E-state index contributed by atoms with van der Waals surface area (Å²) in [6, 6.07) is 3.97. The van der Waals surface area contributed by atoms with E-state index in [1.54, 1.807) is 13.3 Å². The maximum absolute atomic E-state index is 5.33. The van der Waals surface area contributed by atoms with Gasteiger partial charge in [-0.15, -0.1) is 0 Å². The Balaban J connectivity index is 2.44. The van der Waals surface area contributed by atoms with Gasteiger partial charge >= 0.3 is 0 Å². The molecule has 4 nitrogen and oxygen atoms in total. The Labute approximate surface area is 77.7 Å². The van der Waals surface area contributed by atoms with Gasteiger partial charge in [-0.1, -0.05) is 0 Å². The Morgan fingerprint density at radius 1 is 1.38 bits per heavy atom. The molecule has 0 amide bonds. The first-order chi connectivity index (χ1) is 6.25. The second kappa shape index (κ2) is 2.88. The Bertz CT molecular complexity index is 286. The Morgan fingerprint density at radius 3 is 2.77 bits per heavy atom. The molecule has 1 aliphatic rings. The standard InChI is InChI=1S/C9H13N3O/c1-11-7-5-4-6-10-8(7)12(2)9(11)13-3/h4-6,9H,1-3H3. The van der Waals surface area contributed by atoms with Crippen LogP contribution in [0.25, 0.3) is 0 Å². The third kappa shape index (κ3) is 1.06. The van der Waals surface area contributed by atoms with Gasteiger partial charge in [-0.2, -0.15) is 0 Å². The van der Waals surface area contributed by atoms with Gasteiger partial charge in [-0.3, -0.25) is 0 Å². The van der Waals surface area contributed by atoms with Crippen LogP contribution in [0.15, 0.2) is 18.3 Å². The summed E-state index contributed by atoms with van der Waals surface area (Å²) in [4.78, 5) is 8.36. The predicted molar refractivity (Wildman–Crippen MR) is 51.8 cm³/mol. The molecule has 13 heavy (non-hydrogen) atoms. The molecule has 0 saturated carbocycles. The number of rotatable bonds is 1. The van der Waals surface area contributed by atoms with Gasteiger partial charge in [0.1, 0.15) is 0 Å². The molecule has 0 fully saturated rings. The van der Waals surface area contributed by atoms with Gasteiger partial charge in [0, 0.05) is 27.4 Å². The van der Waals surface area contributed by atoms with Crippen molar-refractivity contribution in [1.29, 1.82) is 0 Å². The molecule has 1 unspecified atom stereocenters. The lowest BCUT2D eigenvalue weighted by molar-refractivity contribution is 0.110. The van der Waals surface area contributed by atoms with E-state index >= 15 is 0 Å². The van der Waals surface area contributed by atoms with Crippen LogP contribution in [0, 0.1) is 0 Å². The number of ether oxygens (including phenoxy) is 1. The lowest BCUT2D eigenvalue weighted by atomic mass is 10.4. The first-order valence-electron chi connectivity index (χ1n) is 4.19. The molecule has 0 spiro atoms. The highest BCUT2D eigenvalue weighted by Crippen LogP contribution is 2.34. The van der Waals surface area contributed by atoms with Crippen molar-refractivity contribution in [2.45, 2.75) is 6.35 Å². The van der Waals surface area contributed by atoms with Gasteiger partial charge in [0.2, 0.25) is 6.35 Å². The fourth-order valence-corrected chi connectivity index (χ4v) is 1.74. The Kier molecular flexibility index (Phi) is 1.84. The van der Waals surface area contributed by atoms with Crippen LogP contribution in [0.3, 0.4) is 0 Å². The Morgan fingerprint density at radius 2 is 2.15 bits per heavy atom. The largest absolute Gasteiger partial charge is 0.344 e. The SMILES string of the molecule is COC1N(C)c2cccnc2N1C. The van der Waals surface area contributed by atoms with Gasteiger partial charge in [-0.05, 0) is 12.1 Å². The summed E-state index contributed by atoms with van der Waals surface area (Å²) in [6.45, 7) is 0. The first kappa shape index (κ1) is 8.31. The summed E-state index contributed by atoms with van der Waals surface area (Å²) < 4.78 is 5.33. The van der Waals surface area contributed by atoms with E-state index < -0.39 is 0 Å². The fourth-order valence-electron chi connectivity index (χ4n) is 1.74. The van der Waals surface area contributed by atoms with Gasteiger partial charge in [0.25, 0.3) is 0 Å². The monoisotopic (exact) mass is 179 g/mol. The van der Waals surface area contributed by atoms with Crippen molar-refractivity contribution in [1.82, 2.24) is 4.98 Å². The normalized spacial score (nSPS) is 20.7. The van der Waals surface area contributed by atoms with Crippen LogP contribution in [-0.4, -0.2) is 32.5 Å². The first-order valence-corrected chi connectivity index (χ1v) is 4.19. The summed E-state index contributed by atoms with van der Waals surface area (Å²) >= 11 is 0. The molecule has 0 radical (unpaired) electrons. The Hall–Kier alpha value is -1.29. The highest BCUT2D eigenvalue weighted by molar-refractivity contribution is 5.72. The van der Waals surface area contributed by atoms with Crippen molar-refractivity contribution >= 4 is 11.5 Å². The number of aromatic nitrogens is 1. The molecule has 1 aliphatic heterocycles. The predicted octanol–water partition coefficient (Wildman–Crippen LogP) is 0.898. The van der Waals surface area contributed by atoms with Gasteiger partial charge in [0.05, 0.1) is 5.69 Å². The average molecular weight is 179 g/mol. The molecule has 1 atom stereocenters. The summed E-state index contributed by atoms with van der Waals surface area (Å²) in [5.41, 5.74) is 1.11. The molecule has 1 aromatic heterocycles. The highest BCUT2D eigenvalue weighted by Gasteiger charge is 2.31. The lowest BCUT2D eigenvalue weighted by Gasteiger charge is -2.24. The van der Waals surface area contributed by atoms with Gasteiger partial charge in [0.15, 0.2) is 5.82 Å². The number of fused-ring (bicyclic) bond motifs is 1. The van der Waals surface area contributed by atoms with E-state index in [9.17, 15) is 0 Å². The molecular formula is C9H13N3O. The van der Waals surface area contributed by atoms with E-state index in [4.69, 9.17) is 4.74 Å². The summed E-state index contributed by atoms with van der Waals surface area (Å²) in [5.74, 6) is 0.969. The molecule has 0 bridgehead atoms. The van der Waals surface area contributed by atoms with E-state index in [1.165, 1.54) is 0 Å². The number of hydrogen-bond acceptors (Lipinski definition) is 4. The average Bonchev–Trinajstić information content (AvgIpc) is 2.41. The zero-order valence-corrected chi connectivity index (χ0v) is 8.06. The number of nitrogens with zero attached hydrogens (tertiary/aromatic N) is 3. The van der Waals surface area contributed by atoms with Gasteiger partial charge < -0.3 is 14.5 Å². The topological polar surface area (TPSA) is 28.6 Å². The number of hydrogen-bond donors (Lipinski definition) is 0. The highest BCUT2D eigenvalue weighted by atomic mass is 16.5. The number of anilines is 2. The molecular weight excluding hydrogens is 166 g/mol. The molecule has 2 heterocycles. The van der Waals surface area contributed by atoms with Crippen LogP contribution in [0.1, 0.15) is 0 Å². The number of pyridine rings is 1. The molecule has 4 heteroatoms. The van der Waals surface area contributed by atoms with Crippen molar-refractivity contribution in [2.24, 2.45) is 0 Å². The van der Waals surface area contributed by atoms with Crippen molar-refractivity contribution in [3.05, 3.63) is 18.3 Å². The molecule has 0 saturated heterocycles. The van der Waals surface area contributed by atoms with Crippen molar-refractivity contribution in [3.8, 4) is 0 Å². The van der Waals surface area contributed by atoms with Crippen LogP contribution in [0.2, 0.25) is 0 Å². The summed E-state index contributed by atoms with van der Waals surface area (Å²) in [7, 11) is 5.67. The summed E-state index contributed by atoms with van der Waals surface area (Å²) in [6.07, 6.45) is 1.76. The fraction of sp³-hybridized carbons (Fsp3) is 0.444. The molecule has 0 N–H and O–H groups in total. The van der Waals surface area contributed by atoms with Crippen LogP contribution in [-0.2, 0) is 4.74 Å². The van der Waals surface area contributed by atoms with E-state index in [2.05, 4.69) is 9.88 Å². The zero-order chi connectivity index (χ0) is 9.42. The van der Waals surface area contributed by atoms with Crippen molar-refractivity contribution in [2.75, 3.05) is 31.0 Å². The molecule has 2 rings (SSSR count). The van der Waals surface area contributed by atoms with E-state index in [0.717, 1.165) is 11.5 Å². The van der Waals surface area contributed by atoms with E-state index in [-0.39, 0.29) is 6.35 Å². The summed E-state index contributed by atoms with van der Waals surface area (Å²) in [5, 5.41) is 0. The van der Waals surface area contributed by atoms with Crippen LogP contribution in [0.4, 0.5) is 11.5 Å². The van der Waals surface area contributed by atoms with Crippen molar-refractivity contribution < 1.29 is 4.74 Å². The second-order valence-corrected chi connectivity index (χ2v) is 3.13. The third-order valence-corrected chi connectivity index (χ3v) is 2.35. The van der Waals surface area contributed by atoms with Crippen LogP contribution < -0.4 is 9.80 Å². The minimum absolute atomic E-state index is 0.0371. The quantitative estimate of drug-likeness (QED) is 0.640. The van der Waals surface area contributed by atoms with E-state index in [1.807, 2.05) is 31.1 Å². The van der Waals surface area contributed by atoms with E-state index in [0.29, 0.717) is 0 Å². The van der Waals surface area contributed by atoms with Crippen LogP contribution in [0.5, 0.6) is 0 Å². The number of methoxy groups -OCH3 is 1. The molecule has 0 aromatic carbocycles. The van der Waals surface area contributed by atoms with Crippen molar-refractivity contribution in [3.63, 3.8) is 0 Å². The zero-order valence-electron chi connectivity index (χ0n) is 8.06.